The van der Waals surface area contributed by atoms with Gasteiger partial charge in [0.15, 0.2) is 10.7 Å². The van der Waals surface area contributed by atoms with Gasteiger partial charge >= 0.3 is 0 Å². The van der Waals surface area contributed by atoms with Crippen molar-refractivity contribution in [3.05, 3.63) is 0 Å². The molecular weight excluding hydrogens is 272 g/mol. The maximum atomic E-state index is 9.94. The number of ether oxygens (including phenoxy) is 1. The molecular formula is C10H10N4O4S. The summed E-state index contributed by atoms with van der Waals surface area (Å²) in [5, 5.41) is 36.5. The predicted octanol–water partition coefficient (Wildman–Crippen LogP) is -1.91. The van der Waals surface area contributed by atoms with E-state index in [1.807, 2.05) is 0 Å². The SMILES string of the molecule is OC[C@H]1O[C@@H](C2=NN=C3C(=S)N=CN=C32)[C@H](O)[C@@H]1O. The van der Waals surface area contributed by atoms with Crippen LogP contribution in [0.5, 0.6) is 0 Å². The second-order valence-corrected chi connectivity index (χ2v) is 4.61. The molecule has 9 heteroatoms. The average molecular weight is 282 g/mol. The lowest BCUT2D eigenvalue weighted by Gasteiger charge is -2.15. The smallest absolute Gasteiger partial charge is 0.157 e. The molecule has 3 rings (SSSR count). The van der Waals surface area contributed by atoms with Gasteiger partial charge in [0.1, 0.15) is 42.2 Å². The van der Waals surface area contributed by atoms with Gasteiger partial charge in [0.05, 0.1) is 6.61 Å². The Kier molecular flexibility index (Phi) is 3.07. The number of hydrogen-bond acceptors (Lipinski definition) is 8. The van der Waals surface area contributed by atoms with Crippen molar-refractivity contribution in [1.82, 2.24) is 0 Å². The van der Waals surface area contributed by atoms with E-state index >= 15 is 0 Å². The summed E-state index contributed by atoms with van der Waals surface area (Å²) in [6, 6.07) is 0. The van der Waals surface area contributed by atoms with Crippen LogP contribution in [-0.4, -0.2) is 74.8 Å². The van der Waals surface area contributed by atoms with E-state index in [1.165, 1.54) is 6.34 Å². The molecule has 0 bridgehead atoms. The van der Waals surface area contributed by atoms with Crippen molar-refractivity contribution in [3.63, 3.8) is 0 Å². The van der Waals surface area contributed by atoms with E-state index in [1.54, 1.807) is 0 Å². The summed E-state index contributed by atoms with van der Waals surface area (Å²) >= 11 is 4.99. The van der Waals surface area contributed by atoms with Gasteiger partial charge in [-0.05, 0) is 0 Å². The van der Waals surface area contributed by atoms with E-state index < -0.39 is 31.0 Å². The van der Waals surface area contributed by atoms with Gasteiger partial charge in [-0.3, -0.25) is 0 Å². The van der Waals surface area contributed by atoms with Crippen molar-refractivity contribution in [2.24, 2.45) is 20.2 Å². The van der Waals surface area contributed by atoms with Crippen molar-refractivity contribution in [1.29, 1.82) is 0 Å². The monoisotopic (exact) mass is 282 g/mol. The summed E-state index contributed by atoms with van der Waals surface area (Å²) in [4.78, 5) is 8.10. The first kappa shape index (κ1) is 12.6. The quantitative estimate of drug-likeness (QED) is 0.510. The maximum absolute atomic E-state index is 9.94. The van der Waals surface area contributed by atoms with Crippen molar-refractivity contribution >= 4 is 40.7 Å². The molecule has 8 nitrogen and oxygen atoms in total. The number of nitrogens with zero attached hydrogens (tertiary/aromatic N) is 4. The number of aliphatic imine (C=N–C) groups is 2. The molecule has 0 aromatic carbocycles. The van der Waals surface area contributed by atoms with Crippen LogP contribution in [0.4, 0.5) is 0 Å². The topological polar surface area (TPSA) is 119 Å². The summed E-state index contributed by atoms with van der Waals surface area (Å²) in [5.74, 6) is 0. The molecule has 3 aliphatic rings. The first-order valence-corrected chi connectivity index (χ1v) is 5.97. The zero-order chi connectivity index (χ0) is 13.6. The minimum absolute atomic E-state index is 0.260. The van der Waals surface area contributed by atoms with Gasteiger partial charge in [-0.2, -0.15) is 0 Å². The molecule has 3 aliphatic heterocycles. The average Bonchev–Trinajstić information content (AvgIpc) is 2.94. The van der Waals surface area contributed by atoms with Crippen LogP contribution in [0, 0.1) is 0 Å². The van der Waals surface area contributed by atoms with Crippen LogP contribution in [0.25, 0.3) is 0 Å². The lowest BCUT2D eigenvalue weighted by molar-refractivity contribution is -0.00981. The van der Waals surface area contributed by atoms with Gasteiger partial charge in [-0.1, -0.05) is 12.2 Å². The third-order valence-corrected chi connectivity index (χ3v) is 3.40. The maximum Gasteiger partial charge on any atom is 0.157 e. The van der Waals surface area contributed by atoms with Gasteiger partial charge in [-0.25, -0.2) is 9.98 Å². The third-order valence-electron chi connectivity index (χ3n) is 3.10. The molecule has 4 atom stereocenters. The molecule has 0 aromatic heterocycles. The lowest BCUT2D eigenvalue weighted by atomic mass is 9.99. The molecule has 0 unspecified atom stereocenters. The van der Waals surface area contributed by atoms with E-state index in [0.29, 0.717) is 11.4 Å². The van der Waals surface area contributed by atoms with Gasteiger partial charge in [-0.15, -0.1) is 10.2 Å². The highest BCUT2D eigenvalue weighted by Gasteiger charge is 2.47. The molecule has 19 heavy (non-hydrogen) atoms. The van der Waals surface area contributed by atoms with E-state index in [0.717, 1.165) is 0 Å². The highest BCUT2D eigenvalue weighted by Crippen LogP contribution is 2.25. The van der Waals surface area contributed by atoms with E-state index in [-0.39, 0.29) is 10.7 Å². The van der Waals surface area contributed by atoms with Gasteiger partial charge in [0, 0.05) is 0 Å². The molecule has 0 spiro atoms. The standard InChI is InChI=1S/C10H10N4O4S/c15-1-3-7(16)8(17)9(18-3)5-4-6(14-13-5)10(19)12-2-11-4/h2-3,7-9,15-17H,1H2/t3-,7-,8-,9+/m1/s1. The summed E-state index contributed by atoms with van der Waals surface area (Å²) < 4.78 is 5.38. The fraction of sp³-hybridized carbons (Fsp3) is 0.500. The van der Waals surface area contributed by atoms with Gasteiger partial charge in [0.2, 0.25) is 0 Å². The highest BCUT2D eigenvalue weighted by atomic mass is 32.1. The number of hydrogen-bond donors (Lipinski definition) is 3. The molecule has 100 valence electrons. The van der Waals surface area contributed by atoms with Crippen molar-refractivity contribution < 1.29 is 20.1 Å². The number of aliphatic hydroxyl groups excluding tert-OH is 3. The fourth-order valence-corrected chi connectivity index (χ4v) is 2.29. The minimum Gasteiger partial charge on any atom is -0.394 e. The van der Waals surface area contributed by atoms with Gasteiger partial charge in [0.25, 0.3) is 0 Å². The second kappa shape index (κ2) is 4.62. The Morgan fingerprint density at radius 3 is 2.68 bits per heavy atom. The van der Waals surface area contributed by atoms with Crippen LogP contribution in [0.15, 0.2) is 20.2 Å². The van der Waals surface area contributed by atoms with Crippen molar-refractivity contribution in [2.75, 3.05) is 6.61 Å². The Labute approximate surface area is 112 Å². The number of rotatable bonds is 2. The second-order valence-electron chi connectivity index (χ2n) is 4.22. The molecule has 1 saturated heterocycles. The molecule has 3 heterocycles. The molecule has 0 radical (unpaired) electrons. The molecule has 0 aromatic rings. The molecule has 0 amide bonds. The largest absolute Gasteiger partial charge is 0.394 e. The Balaban J connectivity index is 1.88. The number of aliphatic hydroxyl groups is 3. The van der Waals surface area contributed by atoms with Crippen LogP contribution in [-0.2, 0) is 4.74 Å². The predicted molar refractivity (Wildman–Crippen MR) is 71.2 cm³/mol. The minimum atomic E-state index is -1.21. The molecule has 0 aliphatic carbocycles. The lowest BCUT2D eigenvalue weighted by Crippen LogP contribution is -2.42. The Hall–Kier alpha value is -1.39. The summed E-state index contributed by atoms with van der Waals surface area (Å²) in [6.07, 6.45) is -2.89. The Morgan fingerprint density at radius 2 is 2.00 bits per heavy atom. The summed E-state index contributed by atoms with van der Waals surface area (Å²) in [5.41, 5.74) is 1.02. The zero-order valence-corrected chi connectivity index (χ0v) is 10.4. The Morgan fingerprint density at radius 1 is 1.21 bits per heavy atom. The summed E-state index contributed by atoms with van der Waals surface area (Å²) in [7, 11) is 0. The number of fused-ring (bicyclic) bond motifs is 1. The van der Waals surface area contributed by atoms with E-state index in [4.69, 9.17) is 22.1 Å². The van der Waals surface area contributed by atoms with Crippen LogP contribution in [0.1, 0.15) is 0 Å². The van der Waals surface area contributed by atoms with E-state index in [9.17, 15) is 10.2 Å². The Bertz CT molecular complexity index is 556. The molecule has 3 N–H and O–H groups in total. The van der Waals surface area contributed by atoms with Crippen LogP contribution in [0.3, 0.4) is 0 Å². The van der Waals surface area contributed by atoms with Crippen LogP contribution < -0.4 is 0 Å². The number of thiocarbonyl (C=S) groups is 1. The summed E-state index contributed by atoms with van der Waals surface area (Å²) in [6.45, 7) is -0.401. The molecule has 0 saturated carbocycles. The van der Waals surface area contributed by atoms with Crippen molar-refractivity contribution in [3.8, 4) is 0 Å². The van der Waals surface area contributed by atoms with Crippen LogP contribution in [0.2, 0.25) is 0 Å². The van der Waals surface area contributed by atoms with E-state index in [2.05, 4.69) is 20.2 Å². The molecule has 1 fully saturated rings. The van der Waals surface area contributed by atoms with Crippen LogP contribution >= 0.6 is 12.2 Å². The first-order valence-electron chi connectivity index (χ1n) is 5.57. The zero-order valence-electron chi connectivity index (χ0n) is 9.54. The third kappa shape index (κ3) is 1.86. The normalized spacial score (nSPS) is 37.0. The highest BCUT2D eigenvalue weighted by molar-refractivity contribution is 7.82. The van der Waals surface area contributed by atoms with Gasteiger partial charge < -0.3 is 20.1 Å². The van der Waals surface area contributed by atoms with Crippen molar-refractivity contribution in [2.45, 2.75) is 24.4 Å². The first-order chi connectivity index (χ1) is 9.13. The fourth-order valence-electron chi connectivity index (χ4n) is 2.11.